The smallest absolute Gasteiger partial charge is 0.354 e. The van der Waals surface area contributed by atoms with Crippen molar-refractivity contribution in [3.63, 3.8) is 0 Å². The molecule has 0 saturated carbocycles. The van der Waals surface area contributed by atoms with E-state index in [1.165, 1.54) is 0 Å². The first-order valence-electron chi connectivity index (χ1n) is 5.60. The summed E-state index contributed by atoms with van der Waals surface area (Å²) in [6.45, 7) is 6.64. The number of nitrogens with zero attached hydrogens (tertiary/aromatic N) is 1. The molecule has 1 heterocycles. The summed E-state index contributed by atoms with van der Waals surface area (Å²) in [5.41, 5.74) is 0.609. The minimum Gasteiger partial charge on any atom is -0.461 e. The molecule has 3 nitrogen and oxygen atoms in total. The lowest BCUT2D eigenvalue weighted by Crippen LogP contribution is -2.13. The summed E-state index contributed by atoms with van der Waals surface area (Å²) < 4.78 is 8.01. The third-order valence-corrected chi connectivity index (χ3v) is 2.75. The van der Waals surface area contributed by atoms with Gasteiger partial charge >= 0.3 is 5.97 Å². The maximum Gasteiger partial charge on any atom is 0.354 e. The fraction of sp³-hybridized carbons (Fsp3) is 0.583. The highest BCUT2D eigenvalue weighted by Gasteiger charge is 2.15. The molecule has 0 aliphatic heterocycles. The maximum absolute atomic E-state index is 11.8. The topological polar surface area (TPSA) is 31.2 Å². The molecule has 0 aromatic carbocycles. The lowest BCUT2D eigenvalue weighted by Gasteiger charge is -2.11. The number of aromatic nitrogens is 1. The highest BCUT2D eigenvalue weighted by Crippen LogP contribution is 2.20. The molecule has 0 radical (unpaired) electrons. The molecule has 0 saturated heterocycles. The van der Waals surface area contributed by atoms with Gasteiger partial charge in [-0.3, -0.25) is 0 Å². The SMILES string of the molecule is CCCCOC(=O)c1cc(Br)cn1C(C)C. The van der Waals surface area contributed by atoms with E-state index in [1.54, 1.807) is 6.07 Å². The fourth-order valence-electron chi connectivity index (χ4n) is 1.42. The molecule has 1 aromatic heterocycles. The van der Waals surface area contributed by atoms with E-state index in [2.05, 4.69) is 22.9 Å². The Labute approximate surface area is 105 Å². The second kappa shape index (κ2) is 6.09. The molecule has 0 unspecified atom stereocenters. The molecule has 0 spiro atoms. The third kappa shape index (κ3) is 3.37. The van der Waals surface area contributed by atoms with E-state index in [0.29, 0.717) is 12.3 Å². The summed E-state index contributed by atoms with van der Waals surface area (Å²) in [6.07, 6.45) is 3.85. The molecule has 90 valence electrons. The van der Waals surface area contributed by atoms with Crippen LogP contribution in [-0.2, 0) is 4.74 Å². The Morgan fingerprint density at radius 3 is 2.81 bits per heavy atom. The molecular weight excluding hydrogens is 270 g/mol. The quantitative estimate of drug-likeness (QED) is 0.609. The molecule has 1 rings (SSSR count). The fourth-order valence-corrected chi connectivity index (χ4v) is 1.86. The van der Waals surface area contributed by atoms with Gasteiger partial charge in [-0.2, -0.15) is 0 Å². The second-order valence-electron chi connectivity index (χ2n) is 4.03. The molecule has 0 fully saturated rings. The van der Waals surface area contributed by atoms with Crippen LogP contribution in [0.5, 0.6) is 0 Å². The van der Waals surface area contributed by atoms with E-state index in [1.807, 2.05) is 24.6 Å². The molecule has 0 atom stereocenters. The molecule has 0 aliphatic carbocycles. The summed E-state index contributed by atoms with van der Waals surface area (Å²) in [7, 11) is 0. The summed E-state index contributed by atoms with van der Waals surface area (Å²) in [4.78, 5) is 11.8. The minimum absolute atomic E-state index is 0.243. The minimum atomic E-state index is -0.243. The Kier molecular flexibility index (Phi) is 5.06. The zero-order valence-corrected chi connectivity index (χ0v) is 11.6. The van der Waals surface area contributed by atoms with Crippen molar-refractivity contribution in [2.75, 3.05) is 6.61 Å². The van der Waals surface area contributed by atoms with Crippen LogP contribution in [0.2, 0.25) is 0 Å². The lowest BCUT2D eigenvalue weighted by atomic mass is 10.3. The van der Waals surface area contributed by atoms with Crippen LogP contribution < -0.4 is 0 Å². The van der Waals surface area contributed by atoms with Gasteiger partial charge in [-0.15, -0.1) is 0 Å². The van der Waals surface area contributed by atoms with Crippen molar-refractivity contribution in [3.05, 3.63) is 22.4 Å². The Balaban J connectivity index is 2.74. The second-order valence-corrected chi connectivity index (χ2v) is 4.95. The molecule has 0 N–H and O–H groups in total. The average Bonchev–Trinajstić information content (AvgIpc) is 2.61. The molecule has 0 amide bonds. The number of esters is 1. The Bertz CT molecular complexity index is 358. The number of unbranched alkanes of at least 4 members (excludes halogenated alkanes) is 1. The molecule has 16 heavy (non-hydrogen) atoms. The highest BCUT2D eigenvalue weighted by atomic mass is 79.9. The van der Waals surface area contributed by atoms with E-state index in [9.17, 15) is 4.79 Å². The predicted molar refractivity (Wildman–Crippen MR) is 67.7 cm³/mol. The van der Waals surface area contributed by atoms with Gasteiger partial charge in [0.05, 0.1) is 6.61 Å². The summed E-state index contributed by atoms with van der Waals surface area (Å²) >= 11 is 3.37. The normalized spacial score (nSPS) is 10.8. The predicted octanol–water partition coefficient (Wildman–Crippen LogP) is 3.79. The number of ether oxygens (including phenoxy) is 1. The van der Waals surface area contributed by atoms with Crippen molar-refractivity contribution < 1.29 is 9.53 Å². The van der Waals surface area contributed by atoms with Gasteiger partial charge in [0.1, 0.15) is 5.69 Å². The van der Waals surface area contributed by atoms with Crippen molar-refractivity contribution in [1.82, 2.24) is 4.57 Å². The number of carbonyl (C=O) groups is 1. The monoisotopic (exact) mass is 287 g/mol. The first-order chi connectivity index (χ1) is 7.56. The van der Waals surface area contributed by atoms with Crippen molar-refractivity contribution in [1.29, 1.82) is 0 Å². The third-order valence-electron chi connectivity index (χ3n) is 2.31. The number of hydrogen-bond acceptors (Lipinski definition) is 2. The van der Waals surface area contributed by atoms with E-state index in [4.69, 9.17) is 4.74 Å². The lowest BCUT2D eigenvalue weighted by molar-refractivity contribution is 0.0485. The first-order valence-corrected chi connectivity index (χ1v) is 6.40. The van der Waals surface area contributed by atoms with Crippen LogP contribution in [-0.4, -0.2) is 17.1 Å². The van der Waals surface area contributed by atoms with Crippen LogP contribution in [0.1, 0.15) is 50.1 Å². The van der Waals surface area contributed by atoms with Crippen molar-refractivity contribution in [2.24, 2.45) is 0 Å². The standard InChI is InChI=1S/C12H18BrNO2/c1-4-5-6-16-12(15)11-7-10(13)8-14(11)9(2)3/h7-9H,4-6H2,1-3H3. The van der Waals surface area contributed by atoms with Gasteiger partial charge in [-0.25, -0.2) is 4.79 Å². The Hall–Kier alpha value is -0.770. The summed E-state index contributed by atoms with van der Waals surface area (Å²) in [5, 5.41) is 0. The molecule has 1 aromatic rings. The Morgan fingerprint density at radius 1 is 1.56 bits per heavy atom. The summed E-state index contributed by atoms with van der Waals surface area (Å²) in [5.74, 6) is -0.243. The molecule has 4 heteroatoms. The van der Waals surface area contributed by atoms with Gasteiger partial charge in [-0.05, 0) is 42.3 Å². The zero-order valence-electron chi connectivity index (χ0n) is 10.00. The maximum atomic E-state index is 11.8. The van der Waals surface area contributed by atoms with Crippen LogP contribution in [0.3, 0.4) is 0 Å². The zero-order chi connectivity index (χ0) is 12.1. The Morgan fingerprint density at radius 2 is 2.25 bits per heavy atom. The average molecular weight is 288 g/mol. The summed E-state index contributed by atoms with van der Waals surface area (Å²) in [6, 6.07) is 2.05. The van der Waals surface area contributed by atoms with E-state index in [-0.39, 0.29) is 12.0 Å². The van der Waals surface area contributed by atoms with Crippen LogP contribution in [0.15, 0.2) is 16.7 Å². The largest absolute Gasteiger partial charge is 0.461 e. The molecule has 0 aliphatic rings. The van der Waals surface area contributed by atoms with Gasteiger partial charge < -0.3 is 9.30 Å². The number of carbonyl (C=O) groups excluding carboxylic acids is 1. The van der Waals surface area contributed by atoms with Gasteiger partial charge in [0.15, 0.2) is 0 Å². The van der Waals surface area contributed by atoms with E-state index in [0.717, 1.165) is 17.3 Å². The highest BCUT2D eigenvalue weighted by molar-refractivity contribution is 9.10. The molecular formula is C12H18BrNO2. The van der Waals surface area contributed by atoms with E-state index < -0.39 is 0 Å². The van der Waals surface area contributed by atoms with Gasteiger partial charge in [0, 0.05) is 16.7 Å². The van der Waals surface area contributed by atoms with Gasteiger partial charge in [0.2, 0.25) is 0 Å². The number of hydrogen-bond donors (Lipinski definition) is 0. The van der Waals surface area contributed by atoms with Crippen molar-refractivity contribution in [3.8, 4) is 0 Å². The number of rotatable bonds is 5. The van der Waals surface area contributed by atoms with Crippen LogP contribution in [0.25, 0.3) is 0 Å². The van der Waals surface area contributed by atoms with Gasteiger partial charge in [-0.1, -0.05) is 13.3 Å². The van der Waals surface area contributed by atoms with Crippen LogP contribution in [0.4, 0.5) is 0 Å². The first kappa shape index (κ1) is 13.3. The van der Waals surface area contributed by atoms with Crippen molar-refractivity contribution >= 4 is 21.9 Å². The van der Waals surface area contributed by atoms with Gasteiger partial charge in [0.25, 0.3) is 0 Å². The number of halogens is 1. The van der Waals surface area contributed by atoms with Crippen molar-refractivity contribution in [2.45, 2.75) is 39.7 Å². The van der Waals surface area contributed by atoms with E-state index >= 15 is 0 Å². The van der Waals surface area contributed by atoms with Crippen LogP contribution >= 0.6 is 15.9 Å². The van der Waals surface area contributed by atoms with Crippen LogP contribution in [0, 0.1) is 0 Å². The molecule has 0 bridgehead atoms.